The van der Waals surface area contributed by atoms with Crippen LogP contribution in [-0.4, -0.2) is 28.6 Å². The number of hydrogen-bond donors (Lipinski definition) is 4. The van der Waals surface area contributed by atoms with Crippen molar-refractivity contribution in [1.29, 1.82) is 0 Å². The van der Waals surface area contributed by atoms with Crippen LogP contribution in [0.25, 0.3) is 0 Å². The van der Waals surface area contributed by atoms with Gasteiger partial charge in [0.25, 0.3) is 5.97 Å². The summed E-state index contributed by atoms with van der Waals surface area (Å²) >= 11 is 0. The molecule has 0 radical (unpaired) electrons. The highest BCUT2D eigenvalue weighted by Crippen LogP contribution is 1.59. The number of hydrogen-bond acceptors (Lipinski definition) is 4. The van der Waals surface area contributed by atoms with Gasteiger partial charge in [0.1, 0.15) is 0 Å². The Balaban J connectivity index is -0.0000000910. The molecule has 0 aliphatic carbocycles. The first-order valence-electron chi connectivity index (χ1n) is 1.63. The van der Waals surface area contributed by atoms with Gasteiger partial charge in [-0.2, -0.15) is 8.42 Å². The molecule has 7 nitrogen and oxygen atoms in total. The molecule has 0 fully saturated rings. The normalized spacial score (nSPS) is 8.30. The van der Waals surface area contributed by atoms with Gasteiger partial charge in [-0.1, -0.05) is 0 Å². The van der Waals surface area contributed by atoms with Gasteiger partial charge in [-0.25, -0.2) is 0 Å². The average molecular weight is 175 g/mol. The van der Waals surface area contributed by atoms with Crippen LogP contribution in [0.4, 0.5) is 0 Å². The highest BCUT2D eigenvalue weighted by molar-refractivity contribution is 7.79. The molecule has 0 spiro atoms. The van der Waals surface area contributed by atoms with Crippen molar-refractivity contribution in [2.45, 2.75) is 6.92 Å². The zero-order valence-corrected chi connectivity index (χ0v) is 6.00. The van der Waals surface area contributed by atoms with Gasteiger partial charge < -0.3 is 11.3 Å². The Labute approximate surface area is 57.8 Å². The van der Waals surface area contributed by atoms with E-state index in [1.807, 2.05) is 0 Å². The van der Waals surface area contributed by atoms with Gasteiger partial charge >= 0.3 is 10.4 Å². The second-order valence-electron chi connectivity index (χ2n) is 0.967. The molecule has 0 aliphatic rings. The Kier molecular flexibility index (Phi) is 10.4. The lowest BCUT2D eigenvalue weighted by Gasteiger charge is -1.68. The van der Waals surface area contributed by atoms with Crippen molar-refractivity contribution >= 4 is 16.4 Å². The van der Waals surface area contributed by atoms with Gasteiger partial charge in [0.05, 0.1) is 0 Å². The van der Waals surface area contributed by atoms with E-state index in [0.29, 0.717) is 0 Å². The molecule has 0 amide bonds. The van der Waals surface area contributed by atoms with Crippen molar-refractivity contribution in [2.75, 3.05) is 0 Å². The quantitative estimate of drug-likeness (QED) is 0.366. The molecule has 10 heavy (non-hydrogen) atoms. The predicted octanol–water partition coefficient (Wildman–Crippen LogP) is -0.400. The number of carbonyl (C=O) groups is 1. The molecule has 0 aliphatic heterocycles. The maximum absolute atomic E-state index is 9.00. The second-order valence-corrected chi connectivity index (χ2v) is 1.86. The van der Waals surface area contributed by atoms with Gasteiger partial charge in [-0.05, 0) is 0 Å². The SMILES string of the molecule is CC(=O)O.N.O=S(=O)(O)O. The molecule has 0 aromatic heterocycles. The van der Waals surface area contributed by atoms with Crippen LogP contribution >= 0.6 is 0 Å². The lowest BCUT2D eigenvalue weighted by Crippen LogP contribution is -1.89. The third kappa shape index (κ3) is 591. The third-order valence-electron chi connectivity index (χ3n) is 0. The fourth-order valence-corrected chi connectivity index (χ4v) is 0. The smallest absolute Gasteiger partial charge is 0.394 e. The fraction of sp³-hybridized carbons (Fsp3) is 0.500. The molecule has 0 heterocycles. The minimum Gasteiger partial charge on any atom is -0.481 e. The highest BCUT2D eigenvalue weighted by Gasteiger charge is 1.84. The summed E-state index contributed by atoms with van der Waals surface area (Å²) in [5.41, 5.74) is 0. The first kappa shape index (κ1) is 16.1. The molecule has 8 heteroatoms. The van der Waals surface area contributed by atoms with Crippen LogP contribution in [0.2, 0.25) is 0 Å². The summed E-state index contributed by atoms with van der Waals surface area (Å²) in [5, 5.41) is 7.42. The zero-order chi connectivity index (χ0) is 8.08. The Bertz CT molecular complexity index is 158. The summed E-state index contributed by atoms with van der Waals surface area (Å²) < 4.78 is 31.6. The van der Waals surface area contributed by atoms with E-state index in [0.717, 1.165) is 6.92 Å². The molecule has 6 N–H and O–H groups in total. The van der Waals surface area contributed by atoms with Crippen molar-refractivity contribution in [3.63, 3.8) is 0 Å². The minimum absolute atomic E-state index is 0. The second kappa shape index (κ2) is 6.42. The van der Waals surface area contributed by atoms with Crippen LogP contribution in [0.5, 0.6) is 0 Å². The third-order valence-corrected chi connectivity index (χ3v) is 0. The van der Waals surface area contributed by atoms with Crippen molar-refractivity contribution in [3.8, 4) is 0 Å². The van der Waals surface area contributed by atoms with E-state index >= 15 is 0 Å². The summed E-state index contributed by atoms with van der Waals surface area (Å²) in [7, 11) is -4.67. The summed E-state index contributed by atoms with van der Waals surface area (Å²) in [6.45, 7) is 1.08. The topological polar surface area (TPSA) is 147 Å². The summed E-state index contributed by atoms with van der Waals surface area (Å²) in [5.74, 6) is -0.833. The van der Waals surface area contributed by atoms with Crippen molar-refractivity contribution in [2.24, 2.45) is 0 Å². The van der Waals surface area contributed by atoms with Crippen LogP contribution in [-0.2, 0) is 15.2 Å². The number of carboxylic acids is 1. The molecule has 0 unspecified atom stereocenters. The van der Waals surface area contributed by atoms with Gasteiger partial charge in [0.15, 0.2) is 0 Å². The maximum atomic E-state index is 9.00. The lowest BCUT2D eigenvalue weighted by atomic mass is 10.9. The van der Waals surface area contributed by atoms with Crippen LogP contribution in [0, 0.1) is 0 Å². The Morgan fingerprint density at radius 2 is 1.30 bits per heavy atom. The summed E-state index contributed by atoms with van der Waals surface area (Å²) in [6.07, 6.45) is 0. The largest absolute Gasteiger partial charge is 0.481 e. The summed E-state index contributed by atoms with van der Waals surface area (Å²) in [4.78, 5) is 9.00. The van der Waals surface area contributed by atoms with E-state index in [4.69, 9.17) is 27.4 Å². The molecule has 0 rings (SSSR count). The highest BCUT2D eigenvalue weighted by atomic mass is 32.3. The van der Waals surface area contributed by atoms with E-state index in [9.17, 15) is 0 Å². The van der Waals surface area contributed by atoms with E-state index in [1.165, 1.54) is 0 Å². The van der Waals surface area contributed by atoms with Gasteiger partial charge in [-0.3, -0.25) is 13.9 Å². The Morgan fingerprint density at radius 3 is 1.30 bits per heavy atom. The van der Waals surface area contributed by atoms with Crippen LogP contribution in [0.1, 0.15) is 6.92 Å². The molecule has 0 saturated carbocycles. The van der Waals surface area contributed by atoms with Gasteiger partial charge in [0, 0.05) is 6.92 Å². The van der Waals surface area contributed by atoms with Gasteiger partial charge in [-0.15, -0.1) is 0 Å². The van der Waals surface area contributed by atoms with Crippen LogP contribution < -0.4 is 6.15 Å². The number of aliphatic carboxylic acids is 1. The van der Waals surface area contributed by atoms with Crippen molar-refractivity contribution < 1.29 is 27.4 Å². The zero-order valence-electron chi connectivity index (χ0n) is 5.18. The standard InChI is InChI=1S/C2H4O2.H3N.H2O4S/c1-2(3)4;;1-5(2,3)4/h1H3,(H,3,4);1H3;(H2,1,2,3,4). The van der Waals surface area contributed by atoms with E-state index in [1.54, 1.807) is 0 Å². The monoisotopic (exact) mass is 175 g/mol. The molecule has 0 aromatic carbocycles. The first-order valence-corrected chi connectivity index (χ1v) is 3.02. The van der Waals surface area contributed by atoms with Crippen molar-refractivity contribution in [3.05, 3.63) is 0 Å². The van der Waals surface area contributed by atoms with Gasteiger partial charge in [0.2, 0.25) is 0 Å². The predicted molar refractivity (Wildman–Crippen MR) is 32.5 cm³/mol. The number of carboxylic acid groups (broad SMARTS) is 1. The molecule has 0 saturated heterocycles. The molecular formula is C2H9NO6S. The fourth-order valence-electron chi connectivity index (χ4n) is 0. The first-order chi connectivity index (χ1) is 3.73. The Morgan fingerprint density at radius 1 is 1.30 bits per heavy atom. The maximum Gasteiger partial charge on any atom is 0.394 e. The van der Waals surface area contributed by atoms with Crippen LogP contribution in [0.3, 0.4) is 0 Å². The van der Waals surface area contributed by atoms with E-state index in [2.05, 4.69) is 0 Å². The van der Waals surface area contributed by atoms with E-state index in [-0.39, 0.29) is 6.15 Å². The molecule has 0 bridgehead atoms. The van der Waals surface area contributed by atoms with E-state index < -0.39 is 16.4 Å². The molecular weight excluding hydrogens is 166 g/mol. The summed E-state index contributed by atoms with van der Waals surface area (Å²) in [6, 6.07) is 0. The minimum atomic E-state index is -4.67. The van der Waals surface area contributed by atoms with Crippen molar-refractivity contribution in [1.82, 2.24) is 6.15 Å². The Hall–Kier alpha value is -0.700. The average Bonchev–Trinajstić information content (AvgIpc) is 1.19. The van der Waals surface area contributed by atoms with Crippen LogP contribution in [0.15, 0.2) is 0 Å². The molecule has 0 atom stereocenters. The molecule has 0 aromatic rings. The molecule has 64 valence electrons. The lowest BCUT2D eigenvalue weighted by molar-refractivity contribution is -0.134. The number of rotatable bonds is 0.